The van der Waals surface area contributed by atoms with Crippen molar-refractivity contribution in [1.29, 1.82) is 0 Å². The molecule has 1 amide bonds. The molecule has 2 aromatic heterocycles. The number of nitrogens with zero attached hydrogens (tertiary/aromatic N) is 4. The highest BCUT2D eigenvalue weighted by Crippen LogP contribution is 2.33. The number of amides is 1. The summed E-state index contributed by atoms with van der Waals surface area (Å²) in [4.78, 5) is 16.5. The SMILES string of the molecule is CCCc1noc(CCC(=O)Nc2cc(C(F)(F)F)ccc2-n2cccn2)n1. The van der Waals surface area contributed by atoms with Crippen LogP contribution in [-0.2, 0) is 23.8 Å². The van der Waals surface area contributed by atoms with Gasteiger partial charge in [0.2, 0.25) is 11.8 Å². The number of carbonyl (C=O) groups excluding carboxylic acids is 1. The second-order valence-electron chi connectivity index (χ2n) is 6.08. The molecule has 1 aromatic carbocycles. The van der Waals surface area contributed by atoms with Crippen molar-refractivity contribution in [3.05, 3.63) is 53.9 Å². The average Bonchev–Trinajstić information content (AvgIpc) is 3.31. The van der Waals surface area contributed by atoms with Crippen LogP contribution in [0.15, 0.2) is 41.2 Å². The van der Waals surface area contributed by atoms with E-state index in [0.717, 1.165) is 18.6 Å². The predicted molar refractivity (Wildman–Crippen MR) is 93.8 cm³/mol. The molecule has 7 nitrogen and oxygen atoms in total. The molecule has 28 heavy (non-hydrogen) atoms. The van der Waals surface area contributed by atoms with E-state index in [2.05, 4.69) is 20.6 Å². The molecule has 3 aromatic rings. The quantitative estimate of drug-likeness (QED) is 0.660. The number of carbonyl (C=O) groups is 1. The summed E-state index contributed by atoms with van der Waals surface area (Å²) in [5.41, 5.74) is -0.519. The van der Waals surface area contributed by atoms with Crippen molar-refractivity contribution in [2.45, 2.75) is 38.8 Å². The first kappa shape index (κ1) is 19.6. The maximum atomic E-state index is 13.1. The van der Waals surface area contributed by atoms with Gasteiger partial charge in [0.15, 0.2) is 5.82 Å². The largest absolute Gasteiger partial charge is 0.416 e. The monoisotopic (exact) mass is 393 g/mol. The summed E-state index contributed by atoms with van der Waals surface area (Å²) in [6.45, 7) is 1.98. The minimum atomic E-state index is -4.53. The van der Waals surface area contributed by atoms with Gasteiger partial charge < -0.3 is 9.84 Å². The molecule has 148 valence electrons. The van der Waals surface area contributed by atoms with Crippen LogP contribution in [0, 0.1) is 0 Å². The molecule has 0 saturated carbocycles. The zero-order valence-corrected chi connectivity index (χ0v) is 15.0. The topological polar surface area (TPSA) is 85.8 Å². The fourth-order valence-corrected chi connectivity index (χ4v) is 2.57. The summed E-state index contributed by atoms with van der Waals surface area (Å²) in [5.74, 6) is 0.412. The van der Waals surface area contributed by atoms with Crippen molar-refractivity contribution < 1.29 is 22.5 Å². The van der Waals surface area contributed by atoms with Crippen molar-refractivity contribution in [1.82, 2.24) is 19.9 Å². The van der Waals surface area contributed by atoms with E-state index < -0.39 is 17.6 Å². The number of anilines is 1. The molecule has 0 aliphatic rings. The number of hydrogen-bond donors (Lipinski definition) is 1. The lowest BCUT2D eigenvalue weighted by Crippen LogP contribution is -2.16. The molecule has 0 spiro atoms. The molecule has 0 atom stereocenters. The maximum Gasteiger partial charge on any atom is 0.416 e. The van der Waals surface area contributed by atoms with Crippen LogP contribution in [0.5, 0.6) is 0 Å². The molecule has 0 unspecified atom stereocenters. The Bertz CT molecular complexity index is 935. The van der Waals surface area contributed by atoms with Gasteiger partial charge in [-0.3, -0.25) is 4.79 Å². The first-order valence-electron chi connectivity index (χ1n) is 8.69. The first-order valence-corrected chi connectivity index (χ1v) is 8.69. The van der Waals surface area contributed by atoms with E-state index in [4.69, 9.17) is 4.52 Å². The van der Waals surface area contributed by atoms with E-state index in [-0.39, 0.29) is 18.5 Å². The third-order valence-electron chi connectivity index (χ3n) is 3.90. The molecule has 0 aliphatic carbocycles. The fourth-order valence-electron chi connectivity index (χ4n) is 2.57. The standard InChI is InChI=1S/C18H18F3N5O2/c1-2-4-15-24-17(28-25-15)8-7-16(27)23-13-11-12(18(19,20)21)5-6-14(13)26-10-3-9-22-26/h3,5-6,9-11H,2,4,7-8H2,1H3,(H,23,27). The zero-order valence-electron chi connectivity index (χ0n) is 15.0. The van der Waals surface area contributed by atoms with Crippen molar-refractivity contribution in [3.8, 4) is 5.69 Å². The van der Waals surface area contributed by atoms with Crippen LogP contribution in [-0.4, -0.2) is 25.8 Å². The molecule has 0 radical (unpaired) electrons. The van der Waals surface area contributed by atoms with Crippen molar-refractivity contribution in [3.63, 3.8) is 0 Å². The second kappa shape index (κ2) is 8.24. The van der Waals surface area contributed by atoms with Gasteiger partial charge in [-0.2, -0.15) is 23.3 Å². The summed E-state index contributed by atoms with van der Waals surface area (Å²) >= 11 is 0. The molecule has 1 N–H and O–H groups in total. The van der Waals surface area contributed by atoms with Crippen LogP contribution in [0.25, 0.3) is 5.69 Å². The minimum absolute atomic E-state index is 0.0114. The Morgan fingerprint density at radius 3 is 2.79 bits per heavy atom. The average molecular weight is 393 g/mol. The summed E-state index contributed by atoms with van der Waals surface area (Å²) < 4.78 is 45.6. The Morgan fingerprint density at radius 2 is 2.11 bits per heavy atom. The van der Waals surface area contributed by atoms with Crippen LogP contribution in [0.2, 0.25) is 0 Å². The van der Waals surface area contributed by atoms with Crippen LogP contribution >= 0.6 is 0 Å². The number of rotatable bonds is 7. The molecule has 10 heteroatoms. The number of alkyl halides is 3. The van der Waals surface area contributed by atoms with Gasteiger partial charge in [0, 0.05) is 31.7 Å². The first-order chi connectivity index (χ1) is 13.4. The lowest BCUT2D eigenvalue weighted by atomic mass is 10.1. The number of aryl methyl sites for hydroxylation is 2. The number of benzene rings is 1. The van der Waals surface area contributed by atoms with E-state index in [9.17, 15) is 18.0 Å². The Hall–Kier alpha value is -3.17. The third-order valence-corrected chi connectivity index (χ3v) is 3.90. The molecule has 0 fully saturated rings. The maximum absolute atomic E-state index is 13.1. The van der Waals surface area contributed by atoms with E-state index >= 15 is 0 Å². The van der Waals surface area contributed by atoms with Crippen LogP contribution in [0.3, 0.4) is 0 Å². The van der Waals surface area contributed by atoms with Gasteiger partial charge in [0.25, 0.3) is 0 Å². The predicted octanol–water partition coefficient (Wildman–Crippen LogP) is 3.80. The summed E-state index contributed by atoms with van der Waals surface area (Å²) in [6, 6.07) is 4.73. The van der Waals surface area contributed by atoms with Crippen LogP contribution < -0.4 is 5.32 Å². The molecule has 0 bridgehead atoms. The third kappa shape index (κ3) is 4.76. The summed E-state index contributed by atoms with van der Waals surface area (Å²) in [5, 5.41) is 10.3. The Balaban J connectivity index is 1.74. The van der Waals surface area contributed by atoms with E-state index in [1.807, 2.05) is 6.92 Å². The summed E-state index contributed by atoms with van der Waals surface area (Å²) in [7, 11) is 0. The minimum Gasteiger partial charge on any atom is -0.339 e. The van der Waals surface area contributed by atoms with Crippen molar-refractivity contribution in [2.75, 3.05) is 5.32 Å². The lowest BCUT2D eigenvalue weighted by molar-refractivity contribution is -0.137. The van der Waals surface area contributed by atoms with E-state index in [1.54, 1.807) is 12.3 Å². The van der Waals surface area contributed by atoms with Gasteiger partial charge in [-0.25, -0.2) is 4.68 Å². The highest BCUT2D eigenvalue weighted by Gasteiger charge is 2.31. The highest BCUT2D eigenvalue weighted by molar-refractivity contribution is 5.93. The number of halogens is 3. The normalized spacial score (nSPS) is 11.6. The number of hydrogen-bond acceptors (Lipinski definition) is 5. The Kier molecular flexibility index (Phi) is 5.76. The Labute approximate surface area is 158 Å². The van der Waals surface area contributed by atoms with Gasteiger partial charge in [-0.05, 0) is 30.7 Å². The highest BCUT2D eigenvalue weighted by atomic mass is 19.4. The lowest BCUT2D eigenvalue weighted by Gasteiger charge is -2.14. The smallest absolute Gasteiger partial charge is 0.339 e. The van der Waals surface area contributed by atoms with Crippen molar-refractivity contribution >= 4 is 11.6 Å². The molecular formula is C18H18F3N5O2. The van der Waals surface area contributed by atoms with Crippen LogP contribution in [0.4, 0.5) is 18.9 Å². The Morgan fingerprint density at radius 1 is 1.29 bits per heavy atom. The fraction of sp³-hybridized carbons (Fsp3) is 0.333. The second-order valence-corrected chi connectivity index (χ2v) is 6.08. The zero-order chi connectivity index (χ0) is 20.1. The number of nitrogens with one attached hydrogen (secondary N) is 1. The summed E-state index contributed by atoms with van der Waals surface area (Å²) in [6.07, 6.45) is 0.264. The van der Waals surface area contributed by atoms with Crippen LogP contribution in [0.1, 0.15) is 37.0 Å². The van der Waals surface area contributed by atoms with Gasteiger partial charge in [0.05, 0.1) is 16.9 Å². The molecule has 0 saturated heterocycles. The van der Waals surface area contributed by atoms with Crippen molar-refractivity contribution in [2.24, 2.45) is 0 Å². The van der Waals surface area contributed by atoms with Gasteiger partial charge in [0.1, 0.15) is 0 Å². The van der Waals surface area contributed by atoms with Gasteiger partial charge in [-0.1, -0.05) is 12.1 Å². The van der Waals surface area contributed by atoms with E-state index in [1.165, 1.54) is 16.9 Å². The number of aromatic nitrogens is 4. The molecular weight excluding hydrogens is 375 g/mol. The van der Waals surface area contributed by atoms with E-state index in [0.29, 0.717) is 23.8 Å². The van der Waals surface area contributed by atoms with Gasteiger partial charge in [-0.15, -0.1) is 0 Å². The molecule has 0 aliphatic heterocycles. The molecule has 2 heterocycles. The molecule has 3 rings (SSSR count). The van der Waals surface area contributed by atoms with Gasteiger partial charge >= 0.3 is 6.18 Å².